The van der Waals surface area contributed by atoms with E-state index in [2.05, 4.69) is 4.98 Å². The second kappa shape index (κ2) is 5.85. The Kier molecular flexibility index (Phi) is 4.73. The number of thioether (sulfide) groups is 1. The minimum Gasteiger partial charge on any atom is -0.503 e. The zero-order valence-electron chi connectivity index (χ0n) is 9.08. The quantitative estimate of drug-likeness (QED) is 0.593. The van der Waals surface area contributed by atoms with Crippen LogP contribution < -0.4 is 5.56 Å². The van der Waals surface area contributed by atoms with Crippen LogP contribution in [0.15, 0.2) is 17.1 Å². The number of rotatable bonds is 4. The van der Waals surface area contributed by atoms with E-state index in [0.717, 1.165) is 17.8 Å². The van der Waals surface area contributed by atoms with Crippen molar-refractivity contribution >= 4 is 16.9 Å². The zero-order valence-corrected chi connectivity index (χ0v) is 9.90. The van der Waals surface area contributed by atoms with Crippen LogP contribution in [0.4, 0.5) is 0 Å². The maximum Gasteiger partial charge on any atom is 0.290 e. The number of aromatic nitrogens is 1. The Labute approximate surface area is 101 Å². The molecule has 0 aliphatic carbocycles. The highest BCUT2D eigenvalue weighted by Crippen LogP contribution is 2.20. The SMILES string of the molecule is CC(=O)SCC(O)C(O)c1c[nH]c(=O)c(O)c1. The first-order valence-corrected chi connectivity index (χ1v) is 5.81. The van der Waals surface area contributed by atoms with Crippen molar-refractivity contribution in [2.24, 2.45) is 0 Å². The number of aromatic amines is 1. The molecular formula is C10H13NO5S. The van der Waals surface area contributed by atoms with E-state index in [0.29, 0.717) is 0 Å². The lowest BCUT2D eigenvalue weighted by molar-refractivity contribution is -0.109. The van der Waals surface area contributed by atoms with Gasteiger partial charge in [-0.25, -0.2) is 0 Å². The zero-order chi connectivity index (χ0) is 13.0. The summed E-state index contributed by atoms with van der Waals surface area (Å²) in [6, 6.07) is 1.07. The number of H-pyrrole nitrogens is 1. The Morgan fingerprint density at radius 2 is 2.18 bits per heavy atom. The van der Waals surface area contributed by atoms with Gasteiger partial charge < -0.3 is 20.3 Å². The van der Waals surface area contributed by atoms with Gasteiger partial charge in [-0.3, -0.25) is 9.59 Å². The van der Waals surface area contributed by atoms with Gasteiger partial charge in [0.1, 0.15) is 6.10 Å². The highest BCUT2D eigenvalue weighted by atomic mass is 32.2. The summed E-state index contributed by atoms with van der Waals surface area (Å²) < 4.78 is 0. The number of aliphatic hydroxyl groups excluding tert-OH is 2. The molecule has 0 aliphatic heterocycles. The van der Waals surface area contributed by atoms with E-state index < -0.39 is 23.5 Å². The van der Waals surface area contributed by atoms with Crippen molar-refractivity contribution in [3.05, 3.63) is 28.2 Å². The van der Waals surface area contributed by atoms with Crippen molar-refractivity contribution < 1.29 is 20.1 Å². The van der Waals surface area contributed by atoms with E-state index >= 15 is 0 Å². The predicted molar refractivity (Wildman–Crippen MR) is 62.8 cm³/mol. The average Bonchev–Trinajstić information content (AvgIpc) is 2.28. The summed E-state index contributed by atoms with van der Waals surface area (Å²) in [5.74, 6) is -0.496. The average molecular weight is 259 g/mol. The summed E-state index contributed by atoms with van der Waals surface area (Å²) in [6.07, 6.45) is -1.23. The molecule has 2 atom stereocenters. The van der Waals surface area contributed by atoms with E-state index in [1.807, 2.05) is 0 Å². The van der Waals surface area contributed by atoms with Crippen LogP contribution in [0.5, 0.6) is 5.75 Å². The first-order chi connectivity index (χ1) is 7.91. The smallest absolute Gasteiger partial charge is 0.290 e. The Morgan fingerprint density at radius 3 is 2.71 bits per heavy atom. The summed E-state index contributed by atoms with van der Waals surface area (Å²) in [4.78, 5) is 23.8. The van der Waals surface area contributed by atoms with Crippen molar-refractivity contribution in [3.63, 3.8) is 0 Å². The van der Waals surface area contributed by atoms with Gasteiger partial charge in [0.2, 0.25) is 0 Å². The van der Waals surface area contributed by atoms with Crippen LogP contribution in [0.3, 0.4) is 0 Å². The molecule has 0 aromatic carbocycles. The molecule has 0 fully saturated rings. The number of aliphatic hydroxyl groups is 2. The molecule has 7 heteroatoms. The summed E-state index contributed by atoms with van der Waals surface area (Å²) in [5.41, 5.74) is -0.493. The minimum absolute atomic E-state index is 0.0381. The molecule has 1 rings (SSSR count). The van der Waals surface area contributed by atoms with Crippen LogP contribution in [0.25, 0.3) is 0 Å². The number of carbonyl (C=O) groups excluding carboxylic acids is 1. The lowest BCUT2D eigenvalue weighted by atomic mass is 10.1. The number of hydrogen-bond acceptors (Lipinski definition) is 6. The molecule has 0 spiro atoms. The van der Waals surface area contributed by atoms with Gasteiger partial charge >= 0.3 is 0 Å². The summed E-state index contributed by atoms with van der Waals surface area (Å²) in [7, 11) is 0. The van der Waals surface area contributed by atoms with Gasteiger partial charge in [-0.2, -0.15) is 0 Å². The van der Waals surface area contributed by atoms with Gasteiger partial charge in [0.05, 0.1) is 6.10 Å². The van der Waals surface area contributed by atoms with Gasteiger partial charge in [-0.05, 0) is 6.07 Å². The van der Waals surface area contributed by atoms with Gasteiger partial charge in [0.15, 0.2) is 10.9 Å². The van der Waals surface area contributed by atoms with Crippen LogP contribution in [0, 0.1) is 0 Å². The van der Waals surface area contributed by atoms with Crippen molar-refractivity contribution in [2.45, 2.75) is 19.1 Å². The van der Waals surface area contributed by atoms with E-state index in [1.165, 1.54) is 13.1 Å². The third-order valence-corrected chi connectivity index (χ3v) is 2.98. The number of aromatic hydroxyl groups is 1. The fourth-order valence-corrected chi connectivity index (χ4v) is 1.76. The summed E-state index contributed by atoms with van der Waals surface area (Å²) in [6.45, 7) is 1.36. The van der Waals surface area contributed by atoms with E-state index in [-0.39, 0.29) is 16.4 Å². The van der Waals surface area contributed by atoms with Crippen LogP contribution in [-0.2, 0) is 4.79 Å². The van der Waals surface area contributed by atoms with Gasteiger partial charge in [0, 0.05) is 24.4 Å². The van der Waals surface area contributed by atoms with Crippen molar-refractivity contribution in [2.75, 3.05) is 5.75 Å². The number of pyridine rings is 1. The van der Waals surface area contributed by atoms with Gasteiger partial charge in [-0.1, -0.05) is 11.8 Å². The van der Waals surface area contributed by atoms with Crippen LogP contribution in [-0.4, -0.2) is 37.3 Å². The van der Waals surface area contributed by atoms with Crippen LogP contribution in [0.2, 0.25) is 0 Å². The van der Waals surface area contributed by atoms with Crippen LogP contribution in [0.1, 0.15) is 18.6 Å². The van der Waals surface area contributed by atoms with Crippen molar-refractivity contribution in [1.82, 2.24) is 4.98 Å². The molecule has 0 saturated carbocycles. The molecule has 0 saturated heterocycles. The third-order valence-electron chi connectivity index (χ3n) is 2.07. The Morgan fingerprint density at radius 1 is 1.53 bits per heavy atom. The fourth-order valence-electron chi connectivity index (χ4n) is 1.17. The maximum atomic E-state index is 10.9. The lowest BCUT2D eigenvalue weighted by Crippen LogP contribution is -2.22. The summed E-state index contributed by atoms with van der Waals surface area (Å²) in [5, 5.41) is 28.3. The molecule has 1 heterocycles. The highest BCUT2D eigenvalue weighted by molar-refractivity contribution is 8.13. The fraction of sp³-hybridized carbons (Fsp3) is 0.400. The molecule has 1 aromatic heterocycles. The molecular weight excluding hydrogens is 246 g/mol. The van der Waals surface area contributed by atoms with E-state index in [9.17, 15) is 19.8 Å². The first-order valence-electron chi connectivity index (χ1n) is 4.83. The first kappa shape index (κ1) is 13.8. The predicted octanol–water partition coefficient (Wildman–Crippen LogP) is -0.245. The summed E-state index contributed by atoms with van der Waals surface area (Å²) >= 11 is 0.886. The Hall–Kier alpha value is -1.31. The number of nitrogens with one attached hydrogen (secondary N) is 1. The standard InChI is InChI=1S/C10H13NO5S/c1-5(12)17-4-8(14)9(15)6-2-7(13)10(16)11-3-6/h2-3,8-9,13-15H,4H2,1H3,(H,11,16). The molecule has 2 unspecified atom stereocenters. The molecule has 0 radical (unpaired) electrons. The molecule has 17 heavy (non-hydrogen) atoms. The second-order valence-corrected chi connectivity index (χ2v) is 4.66. The second-order valence-electron chi connectivity index (χ2n) is 3.46. The highest BCUT2D eigenvalue weighted by Gasteiger charge is 2.20. The van der Waals surface area contributed by atoms with Crippen molar-refractivity contribution in [3.8, 4) is 5.75 Å². The monoisotopic (exact) mass is 259 g/mol. The third kappa shape index (κ3) is 3.88. The molecule has 1 aromatic rings. The minimum atomic E-state index is -1.27. The lowest BCUT2D eigenvalue weighted by Gasteiger charge is -2.17. The van der Waals surface area contributed by atoms with E-state index in [1.54, 1.807) is 0 Å². The molecule has 94 valence electrons. The topological polar surface area (TPSA) is 111 Å². The van der Waals surface area contributed by atoms with Crippen molar-refractivity contribution in [1.29, 1.82) is 0 Å². The Balaban J connectivity index is 2.74. The van der Waals surface area contributed by atoms with E-state index in [4.69, 9.17) is 5.11 Å². The Bertz CT molecular complexity index is 458. The molecule has 0 amide bonds. The maximum absolute atomic E-state index is 10.9. The number of hydrogen-bond donors (Lipinski definition) is 4. The van der Waals surface area contributed by atoms with Gasteiger partial charge in [-0.15, -0.1) is 0 Å². The van der Waals surface area contributed by atoms with Crippen LogP contribution >= 0.6 is 11.8 Å². The molecule has 0 bridgehead atoms. The molecule has 6 nitrogen and oxygen atoms in total. The molecule has 4 N–H and O–H groups in total. The normalized spacial score (nSPS) is 14.3. The number of carbonyl (C=O) groups is 1. The van der Waals surface area contributed by atoms with Gasteiger partial charge in [0.25, 0.3) is 5.56 Å². The largest absolute Gasteiger partial charge is 0.503 e. The molecule has 0 aliphatic rings.